The first-order valence-electron chi connectivity index (χ1n) is 7.15. The van der Waals surface area contributed by atoms with Gasteiger partial charge in [0.25, 0.3) is 0 Å². The van der Waals surface area contributed by atoms with Gasteiger partial charge in [-0.1, -0.05) is 6.92 Å². The predicted octanol–water partition coefficient (Wildman–Crippen LogP) is 2.59. The summed E-state index contributed by atoms with van der Waals surface area (Å²) in [5, 5.41) is 6.72. The molecule has 1 aliphatic rings. The summed E-state index contributed by atoms with van der Waals surface area (Å²) in [7, 11) is 0. The first-order valence-corrected chi connectivity index (χ1v) is 7.15. The lowest BCUT2D eigenvalue weighted by atomic mass is 10.2. The molecule has 0 spiro atoms. The van der Waals surface area contributed by atoms with E-state index >= 15 is 0 Å². The zero-order chi connectivity index (χ0) is 13.7. The number of aryl methyl sites for hydroxylation is 1. The lowest BCUT2D eigenvalue weighted by molar-refractivity contribution is 0.120. The van der Waals surface area contributed by atoms with E-state index in [1.807, 2.05) is 13.0 Å². The molecule has 2 atom stereocenters. The molecule has 2 heterocycles. The van der Waals surface area contributed by atoms with Gasteiger partial charge in [0.15, 0.2) is 0 Å². The largest absolute Gasteiger partial charge is 0.376 e. The molecule has 5 nitrogen and oxygen atoms in total. The minimum Gasteiger partial charge on any atom is -0.376 e. The summed E-state index contributed by atoms with van der Waals surface area (Å²) in [6, 6.07) is 2.38. The molecule has 0 bridgehead atoms. The van der Waals surface area contributed by atoms with E-state index in [2.05, 4.69) is 34.4 Å². The Morgan fingerprint density at radius 2 is 2.21 bits per heavy atom. The second kappa shape index (κ2) is 6.70. The summed E-state index contributed by atoms with van der Waals surface area (Å²) < 4.78 is 5.60. The van der Waals surface area contributed by atoms with Gasteiger partial charge >= 0.3 is 0 Å². The maximum Gasteiger partial charge on any atom is 0.132 e. The minimum atomic E-state index is 0.321. The molecule has 0 radical (unpaired) electrons. The van der Waals surface area contributed by atoms with Crippen LogP contribution in [0.5, 0.6) is 0 Å². The molecule has 1 fully saturated rings. The Balaban J connectivity index is 1.95. The first-order chi connectivity index (χ1) is 9.17. The van der Waals surface area contributed by atoms with Crippen LogP contribution in [0.4, 0.5) is 11.6 Å². The van der Waals surface area contributed by atoms with Crippen LogP contribution in [0.3, 0.4) is 0 Å². The lowest BCUT2D eigenvalue weighted by Gasteiger charge is -2.15. The van der Waals surface area contributed by atoms with Gasteiger partial charge < -0.3 is 15.4 Å². The average Bonchev–Trinajstić information content (AvgIpc) is 2.88. The van der Waals surface area contributed by atoms with Crippen molar-refractivity contribution in [2.24, 2.45) is 0 Å². The van der Waals surface area contributed by atoms with Gasteiger partial charge in [0.1, 0.15) is 17.5 Å². The van der Waals surface area contributed by atoms with Crippen LogP contribution < -0.4 is 10.6 Å². The number of hydrogen-bond acceptors (Lipinski definition) is 5. The minimum absolute atomic E-state index is 0.321. The Morgan fingerprint density at radius 3 is 2.89 bits per heavy atom. The molecule has 1 saturated heterocycles. The van der Waals surface area contributed by atoms with Crippen molar-refractivity contribution in [3.63, 3.8) is 0 Å². The van der Waals surface area contributed by atoms with E-state index in [1.165, 1.54) is 0 Å². The van der Waals surface area contributed by atoms with Crippen molar-refractivity contribution < 1.29 is 4.74 Å². The highest BCUT2D eigenvalue weighted by molar-refractivity contribution is 5.48. The second-order valence-corrected chi connectivity index (χ2v) is 5.16. The number of anilines is 2. The van der Waals surface area contributed by atoms with Gasteiger partial charge in [0.05, 0.1) is 6.10 Å². The lowest BCUT2D eigenvalue weighted by Crippen LogP contribution is -2.20. The molecule has 0 saturated carbocycles. The Bertz CT molecular complexity index is 404. The third-order valence-corrected chi connectivity index (χ3v) is 3.38. The number of hydrogen-bond donors (Lipinski definition) is 2. The molecule has 0 amide bonds. The first kappa shape index (κ1) is 14.1. The van der Waals surface area contributed by atoms with Crippen LogP contribution >= 0.6 is 0 Å². The second-order valence-electron chi connectivity index (χ2n) is 5.16. The maximum absolute atomic E-state index is 5.60. The van der Waals surface area contributed by atoms with Crippen LogP contribution in [0, 0.1) is 6.92 Å². The highest BCUT2D eigenvalue weighted by Crippen LogP contribution is 2.15. The molecule has 2 N–H and O–H groups in total. The van der Waals surface area contributed by atoms with Crippen molar-refractivity contribution in [3.05, 3.63) is 11.9 Å². The van der Waals surface area contributed by atoms with E-state index in [0.717, 1.165) is 49.9 Å². The molecule has 19 heavy (non-hydrogen) atoms. The van der Waals surface area contributed by atoms with Gasteiger partial charge in [-0.3, -0.25) is 0 Å². The Labute approximate surface area is 115 Å². The normalized spacial score (nSPS) is 20.3. The molecule has 1 aliphatic heterocycles. The quantitative estimate of drug-likeness (QED) is 0.827. The van der Waals surface area contributed by atoms with E-state index in [0.29, 0.717) is 12.1 Å². The fourth-order valence-corrected chi connectivity index (χ4v) is 2.11. The van der Waals surface area contributed by atoms with Crippen molar-refractivity contribution in [1.82, 2.24) is 9.97 Å². The van der Waals surface area contributed by atoms with Crippen LogP contribution in [0.1, 0.15) is 38.9 Å². The van der Waals surface area contributed by atoms with Gasteiger partial charge in [-0.05, 0) is 33.1 Å². The summed E-state index contributed by atoms with van der Waals surface area (Å²) in [4.78, 5) is 8.82. The third-order valence-electron chi connectivity index (χ3n) is 3.38. The number of ether oxygens (including phenoxy) is 1. The van der Waals surface area contributed by atoms with Crippen molar-refractivity contribution in [2.75, 3.05) is 23.8 Å². The fraction of sp³-hybridized carbons (Fsp3) is 0.714. The SMILES string of the molecule is CCC(C)Nc1cc(NCC2CCCO2)nc(C)n1. The third kappa shape index (κ3) is 4.35. The molecular weight excluding hydrogens is 240 g/mol. The number of rotatable bonds is 6. The van der Waals surface area contributed by atoms with Gasteiger partial charge in [0, 0.05) is 25.3 Å². The van der Waals surface area contributed by atoms with Crippen molar-refractivity contribution in [1.29, 1.82) is 0 Å². The Kier molecular flexibility index (Phi) is 4.96. The van der Waals surface area contributed by atoms with E-state index in [4.69, 9.17) is 4.74 Å². The number of nitrogens with one attached hydrogen (secondary N) is 2. The monoisotopic (exact) mass is 264 g/mol. The number of nitrogens with zero attached hydrogens (tertiary/aromatic N) is 2. The molecule has 5 heteroatoms. The maximum atomic E-state index is 5.60. The van der Waals surface area contributed by atoms with Gasteiger partial charge in [-0.2, -0.15) is 0 Å². The summed E-state index contributed by atoms with van der Waals surface area (Å²) in [6.07, 6.45) is 3.69. The van der Waals surface area contributed by atoms with Crippen LogP contribution in [0.15, 0.2) is 6.07 Å². The topological polar surface area (TPSA) is 59.1 Å². The van der Waals surface area contributed by atoms with Crippen LogP contribution in [0.2, 0.25) is 0 Å². The molecule has 1 aromatic heterocycles. The molecule has 0 aliphatic carbocycles. The highest BCUT2D eigenvalue weighted by Gasteiger charge is 2.15. The van der Waals surface area contributed by atoms with Gasteiger partial charge in [-0.25, -0.2) is 9.97 Å². The van der Waals surface area contributed by atoms with E-state index in [-0.39, 0.29) is 0 Å². The van der Waals surface area contributed by atoms with Crippen molar-refractivity contribution in [3.8, 4) is 0 Å². The summed E-state index contributed by atoms with van der Waals surface area (Å²) in [6.45, 7) is 7.92. The summed E-state index contributed by atoms with van der Waals surface area (Å²) in [5.74, 6) is 2.54. The van der Waals surface area contributed by atoms with Crippen LogP contribution in [0.25, 0.3) is 0 Å². The predicted molar refractivity (Wildman–Crippen MR) is 77.6 cm³/mol. The molecule has 106 valence electrons. The van der Waals surface area contributed by atoms with E-state index < -0.39 is 0 Å². The van der Waals surface area contributed by atoms with E-state index in [1.54, 1.807) is 0 Å². The molecular formula is C14H24N4O. The van der Waals surface area contributed by atoms with Gasteiger partial charge in [0.2, 0.25) is 0 Å². The molecule has 2 rings (SSSR count). The van der Waals surface area contributed by atoms with Crippen LogP contribution in [-0.4, -0.2) is 35.3 Å². The highest BCUT2D eigenvalue weighted by atomic mass is 16.5. The molecule has 2 unspecified atom stereocenters. The fourth-order valence-electron chi connectivity index (χ4n) is 2.11. The summed E-state index contributed by atoms with van der Waals surface area (Å²) >= 11 is 0. The Hall–Kier alpha value is -1.36. The number of aromatic nitrogens is 2. The van der Waals surface area contributed by atoms with Gasteiger partial charge in [-0.15, -0.1) is 0 Å². The standard InChI is InChI=1S/C14H24N4O/c1-4-10(2)16-14-8-13(17-11(3)18-14)15-9-12-6-5-7-19-12/h8,10,12H,4-7,9H2,1-3H3,(H2,15,16,17,18). The van der Waals surface area contributed by atoms with E-state index in [9.17, 15) is 0 Å². The molecule has 1 aromatic rings. The molecule has 0 aromatic carbocycles. The Morgan fingerprint density at radius 1 is 1.42 bits per heavy atom. The van der Waals surface area contributed by atoms with Crippen molar-refractivity contribution in [2.45, 2.75) is 52.2 Å². The summed E-state index contributed by atoms with van der Waals surface area (Å²) in [5.41, 5.74) is 0. The average molecular weight is 264 g/mol. The van der Waals surface area contributed by atoms with Crippen molar-refractivity contribution >= 4 is 11.6 Å². The smallest absolute Gasteiger partial charge is 0.132 e. The zero-order valence-electron chi connectivity index (χ0n) is 12.1. The van der Waals surface area contributed by atoms with Crippen LogP contribution in [-0.2, 0) is 4.74 Å². The zero-order valence-corrected chi connectivity index (χ0v) is 12.1.